The summed E-state index contributed by atoms with van der Waals surface area (Å²) in [6.07, 6.45) is 2.20. The lowest BCUT2D eigenvalue weighted by Gasteiger charge is -2.10. The number of nitrogens with one attached hydrogen (secondary N) is 2. The van der Waals surface area contributed by atoms with Gasteiger partial charge in [-0.3, -0.25) is 0 Å². The van der Waals surface area contributed by atoms with Crippen LogP contribution in [0.3, 0.4) is 0 Å². The van der Waals surface area contributed by atoms with Crippen molar-refractivity contribution in [3.05, 3.63) is 11.9 Å². The van der Waals surface area contributed by atoms with E-state index < -0.39 is 5.97 Å². The Morgan fingerprint density at radius 1 is 1.35 bits per heavy atom. The highest BCUT2D eigenvalue weighted by Crippen LogP contribution is 1.91. The molecule has 0 aliphatic heterocycles. The standard InChI is InChI=1S/C11H20N6O3/c1-16(2)6-3-4-12-11(20)13-5-7-17-8-9(10(18)19)14-15-17/h8H,3-7H2,1-2H3,(H,18,19)(H2,12,13,20). The second-order valence-corrected chi connectivity index (χ2v) is 4.51. The summed E-state index contributed by atoms with van der Waals surface area (Å²) < 4.78 is 1.37. The molecule has 0 atom stereocenters. The highest BCUT2D eigenvalue weighted by Gasteiger charge is 2.07. The molecular formula is C11H20N6O3. The molecule has 1 aromatic heterocycles. The van der Waals surface area contributed by atoms with Crippen molar-refractivity contribution in [1.82, 2.24) is 30.5 Å². The Labute approximate surface area is 116 Å². The number of hydrogen-bond acceptors (Lipinski definition) is 5. The van der Waals surface area contributed by atoms with Crippen molar-refractivity contribution in [1.29, 1.82) is 0 Å². The first-order valence-electron chi connectivity index (χ1n) is 6.29. The monoisotopic (exact) mass is 284 g/mol. The first-order valence-corrected chi connectivity index (χ1v) is 6.29. The van der Waals surface area contributed by atoms with E-state index in [4.69, 9.17) is 5.11 Å². The van der Waals surface area contributed by atoms with Crippen LogP contribution in [-0.2, 0) is 6.54 Å². The summed E-state index contributed by atoms with van der Waals surface area (Å²) in [5, 5.41) is 21.2. The lowest BCUT2D eigenvalue weighted by Crippen LogP contribution is -2.38. The molecule has 0 spiro atoms. The summed E-state index contributed by atoms with van der Waals surface area (Å²) in [5.41, 5.74) is -0.113. The first-order chi connectivity index (χ1) is 9.49. The van der Waals surface area contributed by atoms with E-state index in [0.29, 0.717) is 19.6 Å². The van der Waals surface area contributed by atoms with E-state index in [9.17, 15) is 9.59 Å². The Morgan fingerprint density at radius 3 is 2.65 bits per heavy atom. The van der Waals surface area contributed by atoms with E-state index in [-0.39, 0.29) is 11.7 Å². The van der Waals surface area contributed by atoms with E-state index in [1.165, 1.54) is 10.9 Å². The van der Waals surface area contributed by atoms with Crippen LogP contribution in [0.5, 0.6) is 0 Å². The zero-order valence-electron chi connectivity index (χ0n) is 11.7. The molecule has 0 saturated carbocycles. The molecule has 1 rings (SSSR count). The van der Waals surface area contributed by atoms with Crippen LogP contribution in [0.4, 0.5) is 4.79 Å². The summed E-state index contributed by atoms with van der Waals surface area (Å²) in [5.74, 6) is -1.12. The number of aromatic carboxylic acids is 1. The number of urea groups is 1. The van der Waals surface area contributed by atoms with Crippen LogP contribution >= 0.6 is 0 Å². The molecule has 0 saturated heterocycles. The molecule has 0 bridgehead atoms. The predicted molar refractivity (Wildman–Crippen MR) is 71.6 cm³/mol. The molecule has 0 aromatic carbocycles. The number of amides is 2. The predicted octanol–water partition coefficient (Wildman–Crippen LogP) is -0.773. The zero-order chi connectivity index (χ0) is 15.0. The Morgan fingerprint density at radius 2 is 2.05 bits per heavy atom. The largest absolute Gasteiger partial charge is 0.476 e. The molecule has 9 heteroatoms. The third-order valence-corrected chi connectivity index (χ3v) is 2.45. The van der Waals surface area contributed by atoms with Crippen molar-refractivity contribution >= 4 is 12.0 Å². The summed E-state index contributed by atoms with van der Waals surface area (Å²) >= 11 is 0. The molecule has 1 aromatic rings. The maximum absolute atomic E-state index is 11.4. The minimum atomic E-state index is -1.12. The molecule has 20 heavy (non-hydrogen) atoms. The number of hydrogen-bond donors (Lipinski definition) is 3. The Bertz CT molecular complexity index is 445. The van der Waals surface area contributed by atoms with Gasteiger partial charge in [-0.2, -0.15) is 0 Å². The highest BCUT2D eigenvalue weighted by atomic mass is 16.4. The number of carboxylic acid groups (broad SMARTS) is 1. The van der Waals surface area contributed by atoms with Gasteiger partial charge in [-0.05, 0) is 27.1 Å². The minimum Gasteiger partial charge on any atom is -0.476 e. The lowest BCUT2D eigenvalue weighted by molar-refractivity contribution is 0.0690. The minimum absolute atomic E-state index is 0.113. The topological polar surface area (TPSA) is 112 Å². The number of carbonyl (C=O) groups excluding carboxylic acids is 1. The highest BCUT2D eigenvalue weighted by molar-refractivity contribution is 5.84. The molecular weight excluding hydrogens is 264 g/mol. The van der Waals surface area contributed by atoms with Crippen molar-refractivity contribution in [3.63, 3.8) is 0 Å². The van der Waals surface area contributed by atoms with Gasteiger partial charge in [0, 0.05) is 13.1 Å². The Hall–Kier alpha value is -2.16. The number of aromatic nitrogens is 3. The van der Waals surface area contributed by atoms with Gasteiger partial charge in [0.05, 0.1) is 12.7 Å². The van der Waals surface area contributed by atoms with Crippen molar-refractivity contribution in [2.24, 2.45) is 0 Å². The molecule has 9 nitrogen and oxygen atoms in total. The second kappa shape index (κ2) is 8.10. The fourth-order valence-electron chi connectivity index (χ4n) is 1.45. The molecule has 112 valence electrons. The number of carboxylic acids is 1. The fraction of sp³-hybridized carbons (Fsp3) is 0.636. The van der Waals surface area contributed by atoms with Gasteiger partial charge in [0.25, 0.3) is 0 Å². The molecule has 0 radical (unpaired) electrons. The van der Waals surface area contributed by atoms with Gasteiger partial charge in [-0.1, -0.05) is 5.21 Å². The molecule has 1 heterocycles. The van der Waals surface area contributed by atoms with Crippen LogP contribution < -0.4 is 10.6 Å². The first kappa shape index (κ1) is 15.9. The van der Waals surface area contributed by atoms with E-state index in [1.807, 2.05) is 19.0 Å². The number of nitrogens with zero attached hydrogens (tertiary/aromatic N) is 4. The summed E-state index contributed by atoms with van der Waals surface area (Å²) in [6, 6.07) is -0.248. The SMILES string of the molecule is CN(C)CCCNC(=O)NCCn1cc(C(=O)O)nn1. The number of rotatable bonds is 8. The van der Waals surface area contributed by atoms with Crippen molar-refractivity contribution in [2.75, 3.05) is 33.7 Å². The summed E-state index contributed by atoms with van der Waals surface area (Å²) in [6.45, 7) is 2.24. The summed E-state index contributed by atoms with van der Waals surface area (Å²) in [7, 11) is 3.95. The Kier molecular flexibility index (Phi) is 6.44. The summed E-state index contributed by atoms with van der Waals surface area (Å²) in [4.78, 5) is 24.1. The molecule has 3 N–H and O–H groups in total. The van der Waals surface area contributed by atoms with Crippen LogP contribution in [0.15, 0.2) is 6.20 Å². The normalized spacial score (nSPS) is 10.6. The molecule has 0 fully saturated rings. The smallest absolute Gasteiger partial charge is 0.358 e. The van der Waals surface area contributed by atoms with Gasteiger partial charge in [-0.15, -0.1) is 5.10 Å². The van der Waals surface area contributed by atoms with E-state index >= 15 is 0 Å². The quantitative estimate of drug-likeness (QED) is 0.540. The zero-order valence-corrected chi connectivity index (χ0v) is 11.7. The van der Waals surface area contributed by atoms with E-state index in [0.717, 1.165) is 13.0 Å². The van der Waals surface area contributed by atoms with Crippen LogP contribution in [-0.4, -0.2) is 70.7 Å². The third-order valence-electron chi connectivity index (χ3n) is 2.45. The average Bonchev–Trinajstić information content (AvgIpc) is 2.83. The van der Waals surface area contributed by atoms with Crippen molar-refractivity contribution in [3.8, 4) is 0 Å². The van der Waals surface area contributed by atoms with Gasteiger partial charge < -0.3 is 20.6 Å². The van der Waals surface area contributed by atoms with Crippen molar-refractivity contribution < 1.29 is 14.7 Å². The molecule has 2 amide bonds. The fourth-order valence-corrected chi connectivity index (χ4v) is 1.45. The van der Waals surface area contributed by atoms with E-state index in [2.05, 4.69) is 20.9 Å². The van der Waals surface area contributed by atoms with Gasteiger partial charge >= 0.3 is 12.0 Å². The maximum Gasteiger partial charge on any atom is 0.358 e. The lowest BCUT2D eigenvalue weighted by atomic mass is 10.4. The van der Waals surface area contributed by atoms with Gasteiger partial charge in [0.2, 0.25) is 0 Å². The van der Waals surface area contributed by atoms with Crippen LogP contribution in [0.25, 0.3) is 0 Å². The van der Waals surface area contributed by atoms with Gasteiger partial charge in [-0.25, -0.2) is 14.3 Å². The Balaban J connectivity index is 2.13. The molecule has 0 aliphatic rings. The van der Waals surface area contributed by atoms with Crippen molar-refractivity contribution in [2.45, 2.75) is 13.0 Å². The maximum atomic E-state index is 11.4. The van der Waals surface area contributed by atoms with Gasteiger partial charge in [0.1, 0.15) is 0 Å². The molecule has 0 aliphatic carbocycles. The van der Waals surface area contributed by atoms with E-state index in [1.54, 1.807) is 0 Å². The number of carbonyl (C=O) groups is 2. The third kappa shape index (κ3) is 6.14. The van der Waals surface area contributed by atoms with Gasteiger partial charge in [0.15, 0.2) is 5.69 Å². The van der Waals surface area contributed by atoms with Crippen LogP contribution in [0.1, 0.15) is 16.9 Å². The molecule has 0 unspecified atom stereocenters. The average molecular weight is 284 g/mol. The van der Waals surface area contributed by atoms with Crippen LogP contribution in [0, 0.1) is 0 Å². The second-order valence-electron chi connectivity index (χ2n) is 4.51. The van der Waals surface area contributed by atoms with Crippen LogP contribution in [0.2, 0.25) is 0 Å².